The van der Waals surface area contributed by atoms with Crippen molar-refractivity contribution in [1.82, 2.24) is 9.71 Å². The van der Waals surface area contributed by atoms with Crippen molar-refractivity contribution in [3.63, 3.8) is 0 Å². The monoisotopic (exact) mass is 309 g/mol. The minimum Gasteiger partial charge on any atom is -0.444 e. The van der Waals surface area contributed by atoms with Crippen molar-refractivity contribution in [2.24, 2.45) is 5.73 Å². The van der Waals surface area contributed by atoms with E-state index in [9.17, 15) is 8.42 Å². The second-order valence-corrected chi connectivity index (χ2v) is 6.63. The van der Waals surface area contributed by atoms with E-state index in [4.69, 9.17) is 10.2 Å². The van der Waals surface area contributed by atoms with Crippen molar-refractivity contribution in [3.05, 3.63) is 46.7 Å². The number of nitrogens with zero attached hydrogens (tertiary/aromatic N) is 1. The molecule has 0 aliphatic rings. The molecule has 0 bridgehead atoms. The highest BCUT2D eigenvalue weighted by Gasteiger charge is 2.16. The third-order valence-electron chi connectivity index (χ3n) is 3.34. The highest BCUT2D eigenvalue weighted by atomic mass is 32.2. The normalized spacial score (nSPS) is 11.8. The van der Waals surface area contributed by atoms with Crippen LogP contribution in [-0.4, -0.2) is 13.4 Å². The van der Waals surface area contributed by atoms with E-state index in [1.54, 1.807) is 25.1 Å². The highest BCUT2D eigenvalue weighted by Crippen LogP contribution is 2.16. The van der Waals surface area contributed by atoms with Crippen molar-refractivity contribution in [2.75, 3.05) is 0 Å². The number of sulfonamides is 1. The molecule has 6 nitrogen and oxygen atoms in total. The summed E-state index contributed by atoms with van der Waals surface area (Å²) in [6.07, 6.45) is 0. The summed E-state index contributed by atoms with van der Waals surface area (Å²) >= 11 is 0. The van der Waals surface area contributed by atoms with Gasteiger partial charge in [0.2, 0.25) is 15.9 Å². The molecule has 0 unspecified atom stereocenters. The van der Waals surface area contributed by atoms with Crippen molar-refractivity contribution in [3.8, 4) is 0 Å². The van der Waals surface area contributed by atoms with Crippen LogP contribution >= 0.6 is 0 Å². The van der Waals surface area contributed by atoms with Crippen LogP contribution in [0.4, 0.5) is 0 Å². The van der Waals surface area contributed by atoms with E-state index < -0.39 is 10.0 Å². The van der Waals surface area contributed by atoms with Crippen LogP contribution in [0.5, 0.6) is 0 Å². The summed E-state index contributed by atoms with van der Waals surface area (Å²) in [4.78, 5) is 4.33. The zero-order chi connectivity index (χ0) is 15.6. The second-order valence-electron chi connectivity index (χ2n) is 4.87. The van der Waals surface area contributed by atoms with Gasteiger partial charge in [-0.15, -0.1) is 0 Å². The van der Waals surface area contributed by atoms with Crippen molar-refractivity contribution in [1.29, 1.82) is 0 Å². The van der Waals surface area contributed by atoms with Gasteiger partial charge in [0.15, 0.2) is 0 Å². The Kier molecular flexibility index (Phi) is 4.46. The molecule has 7 heteroatoms. The van der Waals surface area contributed by atoms with Crippen LogP contribution in [0.25, 0.3) is 0 Å². The summed E-state index contributed by atoms with van der Waals surface area (Å²) in [7, 11) is -3.62. The fourth-order valence-electron chi connectivity index (χ4n) is 1.89. The van der Waals surface area contributed by atoms with E-state index in [0.29, 0.717) is 18.2 Å². The number of nitrogens with two attached hydrogens (primary N) is 1. The first-order chi connectivity index (χ1) is 9.83. The summed E-state index contributed by atoms with van der Waals surface area (Å²) in [6, 6.07) is 4.89. The smallest absolute Gasteiger partial charge is 0.241 e. The van der Waals surface area contributed by atoms with Crippen LogP contribution in [0.15, 0.2) is 27.5 Å². The lowest BCUT2D eigenvalue weighted by Crippen LogP contribution is -2.23. The third kappa shape index (κ3) is 3.49. The maximum atomic E-state index is 12.3. The standard InChI is InChI=1S/C14H19N3O3S/c1-9-4-5-13(6-12(9)7-15)21(18,19)16-8-14-17-10(2)11(3)20-14/h4-6,16H,7-8,15H2,1-3H3. The van der Waals surface area contributed by atoms with Gasteiger partial charge in [-0.1, -0.05) is 6.07 Å². The molecule has 21 heavy (non-hydrogen) atoms. The summed E-state index contributed by atoms with van der Waals surface area (Å²) < 4.78 is 32.3. The Morgan fingerprint density at radius 1 is 1.29 bits per heavy atom. The van der Waals surface area contributed by atoms with Gasteiger partial charge in [-0.3, -0.25) is 0 Å². The van der Waals surface area contributed by atoms with Gasteiger partial charge in [0.25, 0.3) is 0 Å². The van der Waals surface area contributed by atoms with Crippen LogP contribution < -0.4 is 10.5 Å². The van der Waals surface area contributed by atoms with E-state index in [0.717, 1.165) is 16.8 Å². The number of nitrogens with one attached hydrogen (secondary N) is 1. The lowest BCUT2D eigenvalue weighted by atomic mass is 10.1. The molecule has 0 fully saturated rings. The van der Waals surface area contributed by atoms with E-state index in [-0.39, 0.29) is 11.4 Å². The molecule has 3 N–H and O–H groups in total. The minimum atomic E-state index is -3.62. The zero-order valence-electron chi connectivity index (χ0n) is 12.3. The number of hydrogen-bond donors (Lipinski definition) is 2. The molecule has 0 aliphatic heterocycles. The molecule has 1 heterocycles. The first-order valence-corrected chi connectivity index (χ1v) is 8.04. The van der Waals surface area contributed by atoms with E-state index in [1.807, 2.05) is 13.8 Å². The largest absolute Gasteiger partial charge is 0.444 e. The lowest BCUT2D eigenvalue weighted by Gasteiger charge is -2.08. The second kappa shape index (κ2) is 5.97. The van der Waals surface area contributed by atoms with Gasteiger partial charge < -0.3 is 10.2 Å². The third-order valence-corrected chi connectivity index (χ3v) is 4.74. The molecule has 114 valence electrons. The van der Waals surface area contributed by atoms with Crippen LogP contribution in [0.3, 0.4) is 0 Å². The van der Waals surface area contributed by atoms with Crippen LogP contribution in [0, 0.1) is 20.8 Å². The predicted molar refractivity (Wildman–Crippen MR) is 79.1 cm³/mol. The highest BCUT2D eigenvalue weighted by molar-refractivity contribution is 7.89. The average molecular weight is 309 g/mol. The summed E-state index contributed by atoms with van der Waals surface area (Å²) in [5, 5.41) is 0. The van der Waals surface area contributed by atoms with Gasteiger partial charge >= 0.3 is 0 Å². The average Bonchev–Trinajstić information content (AvgIpc) is 2.76. The topological polar surface area (TPSA) is 98.2 Å². The number of benzene rings is 1. The summed E-state index contributed by atoms with van der Waals surface area (Å²) in [5.41, 5.74) is 8.14. The van der Waals surface area contributed by atoms with Gasteiger partial charge in [0, 0.05) is 6.54 Å². The van der Waals surface area contributed by atoms with Crippen molar-refractivity contribution < 1.29 is 12.8 Å². The molecule has 0 saturated carbocycles. The molecule has 2 aromatic rings. The molecule has 0 spiro atoms. The van der Waals surface area contributed by atoms with Gasteiger partial charge in [0.1, 0.15) is 5.76 Å². The molecular formula is C14H19N3O3S. The van der Waals surface area contributed by atoms with Crippen molar-refractivity contribution >= 4 is 10.0 Å². The Morgan fingerprint density at radius 3 is 2.57 bits per heavy atom. The molecule has 1 aromatic heterocycles. The first-order valence-electron chi connectivity index (χ1n) is 6.55. The molecule has 0 amide bonds. The molecule has 0 radical (unpaired) electrons. The maximum Gasteiger partial charge on any atom is 0.241 e. The molecule has 1 aromatic carbocycles. The summed E-state index contributed by atoms with van der Waals surface area (Å²) in [6.45, 7) is 5.80. The quantitative estimate of drug-likeness (QED) is 0.873. The minimum absolute atomic E-state index is 0.0167. The van der Waals surface area contributed by atoms with Gasteiger partial charge in [-0.2, -0.15) is 0 Å². The molecule has 2 rings (SSSR count). The number of aromatic nitrogens is 1. The molecule has 0 atom stereocenters. The number of oxazole rings is 1. The zero-order valence-corrected chi connectivity index (χ0v) is 13.1. The fraction of sp³-hybridized carbons (Fsp3) is 0.357. The van der Waals surface area contributed by atoms with E-state index >= 15 is 0 Å². The number of hydrogen-bond acceptors (Lipinski definition) is 5. The van der Waals surface area contributed by atoms with Crippen molar-refractivity contribution in [2.45, 2.75) is 38.8 Å². The Labute approximate surface area is 124 Å². The van der Waals surface area contributed by atoms with Gasteiger partial charge in [-0.05, 0) is 44.0 Å². The fourth-order valence-corrected chi connectivity index (χ4v) is 2.91. The van der Waals surface area contributed by atoms with Crippen LogP contribution in [-0.2, 0) is 23.1 Å². The maximum absolute atomic E-state index is 12.3. The number of rotatable bonds is 5. The van der Waals surface area contributed by atoms with Gasteiger partial charge in [-0.25, -0.2) is 18.1 Å². The van der Waals surface area contributed by atoms with Gasteiger partial charge in [0.05, 0.1) is 17.1 Å². The van der Waals surface area contributed by atoms with E-state index in [2.05, 4.69) is 9.71 Å². The SMILES string of the molecule is Cc1ccc(S(=O)(=O)NCc2nc(C)c(C)o2)cc1CN. The Hall–Kier alpha value is -1.70. The van der Waals surface area contributed by atoms with Crippen LogP contribution in [0.2, 0.25) is 0 Å². The Bertz CT molecular complexity index is 731. The lowest BCUT2D eigenvalue weighted by molar-refractivity contribution is 0.463. The first kappa shape index (κ1) is 15.7. The molecule has 0 saturated heterocycles. The Balaban J connectivity index is 2.18. The summed E-state index contributed by atoms with van der Waals surface area (Å²) in [5.74, 6) is 1.03. The number of aryl methyl sites for hydroxylation is 3. The molecule has 0 aliphatic carbocycles. The van der Waals surface area contributed by atoms with Crippen LogP contribution in [0.1, 0.15) is 28.5 Å². The molecular weight excluding hydrogens is 290 g/mol. The Morgan fingerprint density at radius 2 is 2.00 bits per heavy atom. The van der Waals surface area contributed by atoms with E-state index in [1.165, 1.54) is 0 Å². The predicted octanol–water partition coefficient (Wildman–Crippen LogP) is 1.54.